The Morgan fingerprint density at radius 3 is 3.08 bits per heavy atom. The van der Waals surface area contributed by atoms with E-state index in [1.54, 1.807) is 6.08 Å². The molecule has 1 spiro atoms. The van der Waals surface area contributed by atoms with E-state index in [1.807, 2.05) is 0 Å². The SMILES string of the molecule is COC1=CC(=O)C=CC12C[C@H]2C#N. The molecule has 0 aliphatic heterocycles. The van der Waals surface area contributed by atoms with E-state index in [1.165, 1.54) is 19.3 Å². The second-order valence-electron chi connectivity index (χ2n) is 3.37. The van der Waals surface area contributed by atoms with Gasteiger partial charge in [0.2, 0.25) is 0 Å². The van der Waals surface area contributed by atoms with Crippen LogP contribution in [0.15, 0.2) is 24.0 Å². The molecule has 2 rings (SSSR count). The van der Waals surface area contributed by atoms with Crippen LogP contribution in [-0.4, -0.2) is 12.9 Å². The standard InChI is InChI=1S/C10H9NO2/c1-13-9-4-8(12)2-3-10(9)5-7(10)6-11/h2-4,7H,5H2,1H3/t7-,10?/m0/s1. The van der Waals surface area contributed by atoms with Crippen molar-refractivity contribution in [1.82, 2.24) is 0 Å². The maximum atomic E-state index is 11.0. The number of ketones is 1. The van der Waals surface area contributed by atoms with Crippen molar-refractivity contribution in [2.45, 2.75) is 6.42 Å². The molecular formula is C10H9NO2. The monoisotopic (exact) mass is 175 g/mol. The Labute approximate surface area is 76.3 Å². The summed E-state index contributed by atoms with van der Waals surface area (Å²) in [6.07, 6.45) is 5.55. The van der Waals surface area contributed by atoms with Crippen LogP contribution in [-0.2, 0) is 9.53 Å². The molecule has 0 aromatic heterocycles. The van der Waals surface area contributed by atoms with Crippen molar-refractivity contribution in [1.29, 1.82) is 5.26 Å². The highest BCUT2D eigenvalue weighted by molar-refractivity contribution is 6.01. The lowest BCUT2D eigenvalue weighted by molar-refractivity contribution is -0.110. The zero-order valence-electron chi connectivity index (χ0n) is 7.28. The summed E-state index contributed by atoms with van der Waals surface area (Å²) in [5.41, 5.74) is -0.280. The Morgan fingerprint density at radius 2 is 2.54 bits per heavy atom. The second-order valence-corrected chi connectivity index (χ2v) is 3.37. The molecule has 1 unspecified atom stereocenters. The van der Waals surface area contributed by atoms with Gasteiger partial charge in [-0.3, -0.25) is 4.79 Å². The molecule has 0 aromatic rings. The van der Waals surface area contributed by atoms with E-state index in [9.17, 15) is 4.79 Å². The number of methoxy groups -OCH3 is 1. The zero-order chi connectivity index (χ0) is 9.47. The average molecular weight is 175 g/mol. The van der Waals surface area contributed by atoms with Crippen LogP contribution in [0.5, 0.6) is 0 Å². The Hall–Kier alpha value is -1.56. The fourth-order valence-electron chi connectivity index (χ4n) is 1.77. The van der Waals surface area contributed by atoms with E-state index in [0.29, 0.717) is 5.76 Å². The van der Waals surface area contributed by atoms with Gasteiger partial charge in [-0.25, -0.2) is 0 Å². The molecule has 2 atom stereocenters. The lowest BCUT2D eigenvalue weighted by Gasteiger charge is -2.16. The maximum absolute atomic E-state index is 11.0. The van der Waals surface area contributed by atoms with Crippen molar-refractivity contribution in [3.05, 3.63) is 24.0 Å². The van der Waals surface area contributed by atoms with E-state index < -0.39 is 0 Å². The van der Waals surface area contributed by atoms with Gasteiger partial charge in [0.25, 0.3) is 0 Å². The first-order valence-electron chi connectivity index (χ1n) is 4.12. The largest absolute Gasteiger partial charge is 0.500 e. The quantitative estimate of drug-likeness (QED) is 0.601. The van der Waals surface area contributed by atoms with Crippen LogP contribution in [0.2, 0.25) is 0 Å². The third-order valence-electron chi connectivity index (χ3n) is 2.66. The van der Waals surface area contributed by atoms with Gasteiger partial charge in [-0.2, -0.15) is 5.26 Å². The maximum Gasteiger partial charge on any atom is 0.181 e. The Bertz CT molecular complexity index is 362. The van der Waals surface area contributed by atoms with Crippen molar-refractivity contribution in [2.75, 3.05) is 7.11 Å². The molecule has 0 amide bonds. The van der Waals surface area contributed by atoms with Gasteiger partial charge in [-0.1, -0.05) is 6.08 Å². The molecule has 2 aliphatic rings. The van der Waals surface area contributed by atoms with E-state index >= 15 is 0 Å². The van der Waals surface area contributed by atoms with Gasteiger partial charge in [0, 0.05) is 6.08 Å². The molecule has 3 heteroatoms. The van der Waals surface area contributed by atoms with Crippen LogP contribution in [0, 0.1) is 22.7 Å². The number of allylic oxidation sites excluding steroid dienone is 3. The summed E-state index contributed by atoms with van der Waals surface area (Å²) in [5.74, 6) is 0.542. The van der Waals surface area contributed by atoms with Crippen LogP contribution in [0.4, 0.5) is 0 Å². The number of carbonyl (C=O) groups is 1. The molecule has 13 heavy (non-hydrogen) atoms. The summed E-state index contributed by atoms with van der Waals surface area (Å²) < 4.78 is 5.11. The van der Waals surface area contributed by atoms with Gasteiger partial charge in [0.05, 0.1) is 24.5 Å². The number of hydrogen-bond donors (Lipinski definition) is 0. The van der Waals surface area contributed by atoms with E-state index in [-0.39, 0.29) is 17.1 Å². The first kappa shape index (κ1) is 8.06. The number of rotatable bonds is 1. The van der Waals surface area contributed by atoms with Gasteiger partial charge in [0.15, 0.2) is 5.78 Å². The van der Waals surface area contributed by atoms with Crippen molar-refractivity contribution in [3.63, 3.8) is 0 Å². The Balaban J connectivity index is 2.33. The minimum atomic E-state index is -0.280. The summed E-state index contributed by atoms with van der Waals surface area (Å²) in [4.78, 5) is 11.0. The summed E-state index contributed by atoms with van der Waals surface area (Å²) in [6, 6.07) is 2.20. The first-order chi connectivity index (χ1) is 6.23. The molecule has 0 bridgehead atoms. The van der Waals surface area contributed by atoms with Gasteiger partial charge in [0.1, 0.15) is 5.76 Å². The average Bonchev–Trinajstić information content (AvgIpc) is 2.85. The number of nitrogens with zero attached hydrogens (tertiary/aromatic N) is 1. The van der Waals surface area contributed by atoms with E-state index in [4.69, 9.17) is 10.00 Å². The first-order valence-corrected chi connectivity index (χ1v) is 4.12. The zero-order valence-corrected chi connectivity index (χ0v) is 7.28. The molecule has 0 heterocycles. The molecule has 1 saturated carbocycles. The Kier molecular flexibility index (Phi) is 1.53. The van der Waals surface area contributed by atoms with Crippen LogP contribution in [0.25, 0.3) is 0 Å². The van der Waals surface area contributed by atoms with Gasteiger partial charge in [-0.05, 0) is 12.5 Å². The van der Waals surface area contributed by atoms with Crippen molar-refractivity contribution >= 4 is 5.78 Å². The molecular weight excluding hydrogens is 166 g/mol. The minimum absolute atomic E-state index is 0.0250. The predicted octanol–water partition coefficient (Wildman–Crippen LogP) is 1.19. The highest BCUT2D eigenvalue weighted by Crippen LogP contribution is 2.59. The summed E-state index contributed by atoms with van der Waals surface area (Å²) in [5, 5.41) is 8.75. The lowest BCUT2D eigenvalue weighted by Crippen LogP contribution is -2.12. The number of nitriles is 1. The predicted molar refractivity (Wildman–Crippen MR) is 45.4 cm³/mol. The summed E-state index contributed by atoms with van der Waals surface area (Å²) in [6.45, 7) is 0. The third-order valence-corrected chi connectivity index (χ3v) is 2.66. The highest BCUT2D eigenvalue weighted by atomic mass is 16.5. The molecule has 0 saturated heterocycles. The molecule has 66 valence electrons. The van der Waals surface area contributed by atoms with Crippen LogP contribution in [0.3, 0.4) is 0 Å². The topological polar surface area (TPSA) is 50.1 Å². The minimum Gasteiger partial charge on any atom is -0.500 e. The van der Waals surface area contributed by atoms with Gasteiger partial charge >= 0.3 is 0 Å². The lowest BCUT2D eigenvalue weighted by atomic mass is 9.95. The fraction of sp³-hybridized carbons (Fsp3) is 0.400. The molecule has 2 aliphatic carbocycles. The van der Waals surface area contributed by atoms with Crippen molar-refractivity contribution in [3.8, 4) is 6.07 Å². The van der Waals surface area contributed by atoms with Crippen molar-refractivity contribution in [2.24, 2.45) is 11.3 Å². The Morgan fingerprint density at radius 1 is 1.77 bits per heavy atom. The van der Waals surface area contributed by atoms with Crippen LogP contribution in [0.1, 0.15) is 6.42 Å². The van der Waals surface area contributed by atoms with Crippen LogP contribution < -0.4 is 0 Å². The molecule has 3 nitrogen and oxygen atoms in total. The fourth-order valence-corrected chi connectivity index (χ4v) is 1.77. The van der Waals surface area contributed by atoms with E-state index in [0.717, 1.165) is 6.42 Å². The second kappa shape index (κ2) is 2.46. The summed E-state index contributed by atoms with van der Waals surface area (Å²) in [7, 11) is 1.53. The molecule has 1 fully saturated rings. The van der Waals surface area contributed by atoms with E-state index in [2.05, 4.69) is 6.07 Å². The number of ether oxygens (including phenoxy) is 1. The number of carbonyl (C=O) groups excluding carboxylic acids is 1. The molecule has 0 aromatic carbocycles. The molecule has 0 N–H and O–H groups in total. The van der Waals surface area contributed by atoms with Gasteiger partial charge in [-0.15, -0.1) is 0 Å². The van der Waals surface area contributed by atoms with Crippen LogP contribution >= 0.6 is 0 Å². The van der Waals surface area contributed by atoms with Crippen molar-refractivity contribution < 1.29 is 9.53 Å². The normalized spacial score (nSPS) is 35.5. The highest BCUT2D eigenvalue weighted by Gasteiger charge is 2.57. The summed E-state index contributed by atoms with van der Waals surface area (Å²) >= 11 is 0. The smallest absolute Gasteiger partial charge is 0.181 e. The van der Waals surface area contributed by atoms with Gasteiger partial charge < -0.3 is 4.74 Å². The molecule has 0 radical (unpaired) electrons. The third kappa shape index (κ3) is 0.988. The number of hydrogen-bond acceptors (Lipinski definition) is 3.